The third-order valence-electron chi connectivity index (χ3n) is 4.23. The van der Waals surface area contributed by atoms with Gasteiger partial charge in [0.05, 0.1) is 12.2 Å². The van der Waals surface area contributed by atoms with Gasteiger partial charge in [0, 0.05) is 25.2 Å². The fourth-order valence-corrected chi connectivity index (χ4v) is 3.54. The van der Waals surface area contributed by atoms with Crippen LogP contribution in [0.25, 0.3) is 0 Å². The first-order valence-electron chi connectivity index (χ1n) is 7.70. The van der Waals surface area contributed by atoms with Crippen molar-refractivity contribution < 1.29 is 13.6 Å². The van der Waals surface area contributed by atoms with Gasteiger partial charge < -0.3 is 9.55 Å². The summed E-state index contributed by atoms with van der Waals surface area (Å²) in [6.45, 7) is 1.81. The fourth-order valence-electron chi connectivity index (χ4n) is 3.22. The molecule has 1 amide bonds. The zero-order chi connectivity index (χ0) is 17.3. The molecule has 0 aliphatic heterocycles. The minimum atomic E-state index is -0.558. The molecular formula is C16H18F2N4OS. The van der Waals surface area contributed by atoms with Crippen LogP contribution in [0.4, 0.5) is 8.78 Å². The number of aromatic amines is 1. The van der Waals surface area contributed by atoms with Gasteiger partial charge in [-0.3, -0.25) is 10.2 Å². The molecule has 0 radical (unpaired) electrons. The lowest BCUT2D eigenvalue weighted by molar-refractivity contribution is -0.119. The van der Waals surface area contributed by atoms with Gasteiger partial charge in [-0.15, -0.1) is 0 Å². The fraction of sp³-hybridized carbons (Fsp3) is 0.375. The van der Waals surface area contributed by atoms with Crippen LogP contribution in [0.1, 0.15) is 36.2 Å². The number of benzene rings is 1. The van der Waals surface area contributed by atoms with E-state index in [9.17, 15) is 13.6 Å². The SMILES string of the molecule is CC(=O)NNCc1c[nH]c(=S)n1[C@H]1CCc2c(F)cc(F)cc2C1. The van der Waals surface area contributed by atoms with Gasteiger partial charge in [0.15, 0.2) is 4.77 Å². The van der Waals surface area contributed by atoms with Gasteiger partial charge in [-0.1, -0.05) is 0 Å². The molecule has 8 heteroatoms. The van der Waals surface area contributed by atoms with Crippen molar-refractivity contribution in [1.82, 2.24) is 20.4 Å². The number of imidazole rings is 1. The number of H-pyrrole nitrogens is 1. The van der Waals surface area contributed by atoms with E-state index in [-0.39, 0.29) is 11.9 Å². The van der Waals surface area contributed by atoms with Crippen molar-refractivity contribution in [1.29, 1.82) is 0 Å². The summed E-state index contributed by atoms with van der Waals surface area (Å²) in [4.78, 5) is 13.9. The molecule has 0 fully saturated rings. The van der Waals surface area contributed by atoms with Crippen LogP contribution < -0.4 is 10.9 Å². The highest BCUT2D eigenvalue weighted by Crippen LogP contribution is 2.32. The van der Waals surface area contributed by atoms with E-state index in [1.807, 2.05) is 4.57 Å². The number of carbonyl (C=O) groups is 1. The van der Waals surface area contributed by atoms with Gasteiger partial charge in [0.25, 0.3) is 0 Å². The molecule has 128 valence electrons. The lowest BCUT2D eigenvalue weighted by Crippen LogP contribution is -2.36. The highest BCUT2D eigenvalue weighted by Gasteiger charge is 2.25. The van der Waals surface area contributed by atoms with E-state index in [0.29, 0.717) is 35.3 Å². The van der Waals surface area contributed by atoms with E-state index in [4.69, 9.17) is 12.2 Å². The topological polar surface area (TPSA) is 61.9 Å². The lowest BCUT2D eigenvalue weighted by atomic mass is 9.87. The summed E-state index contributed by atoms with van der Waals surface area (Å²) in [5, 5.41) is 0. The van der Waals surface area contributed by atoms with E-state index >= 15 is 0 Å². The third kappa shape index (κ3) is 3.39. The van der Waals surface area contributed by atoms with Crippen molar-refractivity contribution in [2.45, 2.75) is 38.8 Å². The van der Waals surface area contributed by atoms with Gasteiger partial charge >= 0.3 is 0 Å². The maximum atomic E-state index is 13.9. The quantitative estimate of drug-likeness (QED) is 0.586. The summed E-state index contributed by atoms with van der Waals surface area (Å²) in [6, 6.07) is 2.35. The Hall–Kier alpha value is -2.06. The zero-order valence-electron chi connectivity index (χ0n) is 13.2. The van der Waals surface area contributed by atoms with E-state index in [2.05, 4.69) is 15.8 Å². The maximum absolute atomic E-state index is 13.9. The van der Waals surface area contributed by atoms with Crippen molar-refractivity contribution in [3.8, 4) is 0 Å². The van der Waals surface area contributed by atoms with Crippen LogP contribution in [-0.2, 0) is 24.2 Å². The molecule has 2 aromatic rings. The number of hydrazine groups is 1. The molecule has 3 N–H and O–H groups in total. The first kappa shape index (κ1) is 16.8. The number of rotatable bonds is 4. The number of hydrogen-bond acceptors (Lipinski definition) is 3. The van der Waals surface area contributed by atoms with Crippen LogP contribution in [0.3, 0.4) is 0 Å². The smallest absolute Gasteiger partial charge is 0.230 e. The Balaban J connectivity index is 1.84. The molecule has 0 spiro atoms. The largest absolute Gasteiger partial charge is 0.337 e. The summed E-state index contributed by atoms with van der Waals surface area (Å²) in [5.41, 5.74) is 7.49. The molecule has 0 saturated heterocycles. The number of fused-ring (bicyclic) bond motifs is 1. The van der Waals surface area contributed by atoms with E-state index < -0.39 is 11.6 Å². The number of nitrogens with zero attached hydrogens (tertiary/aromatic N) is 1. The molecule has 1 aromatic heterocycles. The second-order valence-corrected chi connectivity index (χ2v) is 6.30. The molecule has 1 aliphatic carbocycles. The highest BCUT2D eigenvalue weighted by atomic mass is 32.1. The molecule has 0 saturated carbocycles. The molecular weight excluding hydrogens is 334 g/mol. The molecule has 3 rings (SSSR count). The van der Waals surface area contributed by atoms with Crippen LogP contribution in [0.2, 0.25) is 0 Å². The summed E-state index contributed by atoms with van der Waals surface area (Å²) < 4.78 is 29.9. The van der Waals surface area contributed by atoms with E-state index in [1.165, 1.54) is 13.0 Å². The van der Waals surface area contributed by atoms with E-state index in [0.717, 1.165) is 18.2 Å². The Morgan fingerprint density at radius 1 is 1.46 bits per heavy atom. The summed E-state index contributed by atoms with van der Waals surface area (Å²) in [5.74, 6) is -1.22. The average molecular weight is 352 g/mol. The van der Waals surface area contributed by atoms with Gasteiger partial charge in [-0.2, -0.15) is 0 Å². The predicted molar refractivity (Wildman–Crippen MR) is 87.7 cm³/mol. The number of aromatic nitrogens is 2. The molecule has 1 heterocycles. The van der Waals surface area contributed by atoms with Crippen LogP contribution in [0.15, 0.2) is 18.3 Å². The van der Waals surface area contributed by atoms with Crippen LogP contribution in [-0.4, -0.2) is 15.5 Å². The standard InChI is InChI=1S/C16H18F2N4OS/c1-9(23)21-20-8-13-7-19-16(24)22(13)12-2-3-14-10(5-12)4-11(17)6-15(14)18/h4,6-7,12,20H,2-3,5,8H2,1H3,(H,19,24)(H,21,23)/t12-/m0/s1. The van der Waals surface area contributed by atoms with Gasteiger partial charge in [-0.05, 0) is 48.7 Å². The first-order valence-corrected chi connectivity index (χ1v) is 8.11. The van der Waals surface area contributed by atoms with Crippen molar-refractivity contribution in [3.05, 3.63) is 51.6 Å². The minimum Gasteiger partial charge on any atom is -0.337 e. The van der Waals surface area contributed by atoms with Crippen molar-refractivity contribution in [3.63, 3.8) is 0 Å². The normalized spacial score (nSPS) is 16.7. The molecule has 1 aliphatic rings. The monoisotopic (exact) mass is 352 g/mol. The van der Waals surface area contributed by atoms with E-state index in [1.54, 1.807) is 6.20 Å². The van der Waals surface area contributed by atoms with Crippen molar-refractivity contribution in [2.24, 2.45) is 0 Å². The van der Waals surface area contributed by atoms with Crippen molar-refractivity contribution >= 4 is 18.1 Å². The van der Waals surface area contributed by atoms with Gasteiger partial charge in [0.1, 0.15) is 11.6 Å². The van der Waals surface area contributed by atoms with Crippen LogP contribution >= 0.6 is 12.2 Å². The Morgan fingerprint density at radius 2 is 2.25 bits per heavy atom. The number of nitrogens with one attached hydrogen (secondary N) is 3. The van der Waals surface area contributed by atoms with Gasteiger partial charge in [0.2, 0.25) is 5.91 Å². The maximum Gasteiger partial charge on any atom is 0.230 e. The number of hydrogen-bond donors (Lipinski definition) is 3. The average Bonchev–Trinajstić information content (AvgIpc) is 2.87. The van der Waals surface area contributed by atoms with Crippen LogP contribution in [0, 0.1) is 16.4 Å². The minimum absolute atomic E-state index is 0.0200. The molecule has 1 atom stereocenters. The number of carbonyl (C=O) groups excluding carboxylic acids is 1. The number of amides is 1. The molecule has 0 bridgehead atoms. The van der Waals surface area contributed by atoms with Crippen LogP contribution in [0.5, 0.6) is 0 Å². The summed E-state index contributed by atoms with van der Waals surface area (Å²) >= 11 is 5.35. The second-order valence-electron chi connectivity index (χ2n) is 5.91. The molecule has 0 unspecified atom stereocenters. The Morgan fingerprint density at radius 3 is 3.00 bits per heavy atom. The predicted octanol–water partition coefficient (Wildman–Crippen LogP) is 2.69. The summed E-state index contributed by atoms with van der Waals surface area (Å²) in [7, 11) is 0. The zero-order valence-corrected chi connectivity index (χ0v) is 14.0. The lowest BCUT2D eigenvalue weighted by Gasteiger charge is -2.27. The second kappa shape index (κ2) is 6.82. The summed E-state index contributed by atoms with van der Waals surface area (Å²) in [6.07, 6.45) is 3.55. The first-order chi connectivity index (χ1) is 11.5. The van der Waals surface area contributed by atoms with Crippen molar-refractivity contribution in [2.75, 3.05) is 0 Å². The molecule has 5 nitrogen and oxygen atoms in total. The molecule has 24 heavy (non-hydrogen) atoms. The Labute approximate surface area is 143 Å². The Bertz CT molecular complexity index is 830. The third-order valence-corrected chi connectivity index (χ3v) is 4.54. The van der Waals surface area contributed by atoms with Gasteiger partial charge in [-0.25, -0.2) is 14.2 Å². The number of halogens is 2. The highest BCUT2D eigenvalue weighted by molar-refractivity contribution is 7.71. The Kier molecular flexibility index (Phi) is 4.77. The molecule has 1 aromatic carbocycles.